The molecule has 0 unspecified atom stereocenters. The molecule has 0 atom stereocenters. The van der Waals surface area contributed by atoms with Crippen LogP contribution in [0.2, 0.25) is 0 Å². The van der Waals surface area contributed by atoms with Crippen LogP contribution in [0.25, 0.3) is 0 Å². The summed E-state index contributed by atoms with van der Waals surface area (Å²) < 4.78 is 24.6. The Bertz CT molecular complexity index is 550. The van der Waals surface area contributed by atoms with Gasteiger partial charge in [-0.3, -0.25) is 0 Å². The van der Waals surface area contributed by atoms with E-state index in [-0.39, 0.29) is 12.4 Å². The van der Waals surface area contributed by atoms with Gasteiger partial charge in [-0.2, -0.15) is 0 Å². The van der Waals surface area contributed by atoms with Gasteiger partial charge in [0.2, 0.25) is 0 Å². The van der Waals surface area contributed by atoms with Crippen molar-refractivity contribution in [3.63, 3.8) is 0 Å². The Kier molecular flexibility index (Phi) is 5.65. The van der Waals surface area contributed by atoms with Crippen molar-refractivity contribution in [1.29, 1.82) is 0 Å². The van der Waals surface area contributed by atoms with E-state index in [0.29, 0.717) is 17.5 Å². The number of sulfone groups is 1. The van der Waals surface area contributed by atoms with Crippen molar-refractivity contribution in [2.45, 2.75) is 50.0 Å². The van der Waals surface area contributed by atoms with Gasteiger partial charge in [-0.25, -0.2) is 8.42 Å². The van der Waals surface area contributed by atoms with Gasteiger partial charge in [0.25, 0.3) is 0 Å². The van der Waals surface area contributed by atoms with E-state index in [1.54, 1.807) is 19.1 Å². The van der Waals surface area contributed by atoms with Gasteiger partial charge in [0.1, 0.15) is 0 Å². The molecular formula is C16H25NO3S. The monoisotopic (exact) mass is 311 g/mol. The summed E-state index contributed by atoms with van der Waals surface area (Å²) >= 11 is 0. The van der Waals surface area contributed by atoms with Crippen LogP contribution in [0.15, 0.2) is 29.2 Å². The molecule has 1 aromatic carbocycles. The summed E-state index contributed by atoms with van der Waals surface area (Å²) in [7, 11) is -3.25. The Balaban J connectivity index is 2.40. The molecule has 1 aromatic rings. The molecule has 1 saturated carbocycles. The third kappa shape index (κ3) is 3.77. The van der Waals surface area contributed by atoms with Crippen molar-refractivity contribution in [1.82, 2.24) is 0 Å². The molecule has 1 aliphatic rings. The lowest BCUT2D eigenvalue weighted by molar-refractivity contribution is 0.289. The fraction of sp³-hybridized carbons (Fsp3) is 0.625. The van der Waals surface area contributed by atoms with Crippen LogP contribution in [0, 0.1) is 0 Å². The Morgan fingerprint density at radius 2 is 1.86 bits per heavy atom. The second-order valence-electron chi connectivity index (χ2n) is 5.58. The average molecular weight is 311 g/mol. The van der Waals surface area contributed by atoms with Crippen LogP contribution in [0.1, 0.15) is 39.0 Å². The summed E-state index contributed by atoms with van der Waals surface area (Å²) in [5.41, 5.74) is 0.750. The lowest BCUT2D eigenvalue weighted by Crippen LogP contribution is -2.39. The van der Waals surface area contributed by atoms with E-state index in [1.165, 1.54) is 19.3 Å². The Morgan fingerprint density at radius 1 is 1.19 bits per heavy atom. The number of hydrogen-bond acceptors (Lipinski definition) is 4. The average Bonchev–Trinajstić information content (AvgIpc) is 2.53. The van der Waals surface area contributed by atoms with Crippen LogP contribution in [0.4, 0.5) is 5.69 Å². The molecule has 1 aliphatic carbocycles. The number of benzene rings is 1. The van der Waals surface area contributed by atoms with E-state index in [2.05, 4.69) is 4.90 Å². The first-order chi connectivity index (χ1) is 10.1. The molecule has 21 heavy (non-hydrogen) atoms. The first-order valence-corrected chi connectivity index (χ1v) is 9.44. The minimum Gasteiger partial charge on any atom is -0.395 e. The minimum atomic E-state index is -3.25. The smallest absolute Gasteiger partial charge is 0.180 e. The number of rotatable bonds is 6. The van der Waals surface area contributed by atoms with Gasteiger partial charge in [0.05, 0.1) is 22.9 Å². The molecule has 0 radical (unpaired) electrons. The maximum atomic E-state index is 12.3. The van der Waals surface area contributed by atoms with E-state index in [1.807, 2.05) is 12.1 Å². The van der Waals surface area contributed by atoms with Crippen molar-refractivity contribution in [3.05, 3.63) is 24.3 Å². The standard InChI is InChI=1S/C16H25NO3S/c1-2-21(19,20)16-11-7-6-10-15(16)17(12-13-18)14-8-4-3-5-9-14/h6-7,10-11,14,18H,2-5,8-9,12-13H2,1H3. The number of para-hydroxylation sites is 1. The first kappa shape index (κ1) is 16.3. The number of aliphatic hydroxyl groups is 1. The van der Waals surface area contributed by atoms with E-state index >= 15 is 0 Å². The molecule has 0 heterocycles. The molecule has 1 N–H and O–H groups in total. The number of nitrogens with zero attached hydrogens (tertiary/aromatic N) is 1. The van der Waals surface area contributed by atoms with Gasteiger partial charge >= 0.3 is 0 Å². The highest BCUT2D eigenvalue weighted by atomic mass is 32.2. The highest BCUT2D eigenvalue weighted by molar-refractivity contribution is 7.91. The van der Waals surface area contributed by atoms with Gasteiger partial charge in [0.15, 0.2) is 9.84 Å². The molecule has 4 nitrogen and oxygen atoms in total. The lowest BCUT2D eigenvalue weighted by atomic mass is 9.94. The number of aliphatic hydroxyl groups excluding tert-OH is 1. The minimum absolute atomic E-state index is 0.0387. The predicted molar refractivity (Wildman–Crippen MR) is 85.5 cm³/mol. The molecule has 2 rings (SSSR count). The molecule has 5 heteroatoms. The summed E-state index contributed by atoms with van der Waals surface area (Å²) in [6.07, 6.45) is 5.74. The second kappa shape index (κ2) is 7.27. The van der Waals surface area contributed by atoms with Gasteiger partial charge in [-0.05, 0) is 25.0 Å². The topological polar surface area (TPSA) is 57.6 Å². The zero-order chi connectivity index (χ0) is 15.3. The van der Waals surface area contributed by atoms with Crippen LogP contribution in [0.5, 0.6) is 0 Å². The van der Waals surface area contributed by atoms with Gasteiger partial charge in [-0.15, -0.1) is 0 Å². The first-order valence-electron chi connectivity index (χ1n) is 7.79. The summed E-state index contributed by atoms with van der Waals surface area (Å²) in [6.45, 7) is 2.20. The van der Waals surface area contributed by atoms with E-state index < -0.39 is 9.84 Å². The second-order valence-corrected chi connectivity index (χ2v) is 7.83. The highest BCUT2D eigenvalue weighted by Crippen LogP contribution is 2.32. The molecule has 0 amide bonds. The van der Waals surface area contributed by atoms with Gasteiger partial charge < -0.3 is 10.0 Å². The summed E-state index contributed by atoms with van der Waals surface area (Å²) in [5.74, 6) is 0.0989. The van der Waals surface area contributed by atoms with Crippen LogP contribution < -0.4 is 4.90 Å². The maximum Gasteiger partial charge on any atom is 0.180 e. The number of anilines is 1. The Morgan fingerprint density at radius 3 is 2.48 bits per heavy atom. The van der Waals surface area contributed by atoms with E-state index in [0.717, 1.165) is 18.5 Å². The van der Waals surface area contributed by atoms with E-state index in [9.17, 15) is 13.5 Å². The molecule has 0 aromatic heterocycles. The third-order valence-electron chi connectivity index (χ3n) is 4.25. The van der Waals surface area contributed by atoms with Crippen molar-refractivity contribution in [2.24, 2.45) is 0 Å². The van der Waals surface area contributed by atoms with Crippen molar-refractivity contribution >= 4 is 15.5 Å². The van der Waals surface area contributed by atoms with Crippen LogP contribution in [-0.2, 0) is 9.84 Å². The van der Waals surface area contributed by atoms with Crippen molar-refractivity contribution in [2.75, 3.05) is 23.8 Å². The normalized spacial score (nSPS) is 16.9. The fourth-order valence-corrected chi connectivity index (χ4v) is 4.21. The SMILES string of the molecule is CCS(=O)(=O)c1ccccc1N(CCO)C1CCCCC1. The quantitative estimate of drug-likeness (QED) is 0.877. The summed E-state index contributed by atoms with van der Waals surface area (Å²) in [5, 5.41) is 9.39. The number of hydrogen-bond donors (Lipinski definition) is 1. The van der Waals surface area contributed by atoms with E-state index in [4.69, 9.17) is 0 Å². The zero-order valence-corrected chi connectivity index (χ0v) is 13.5. The summed E-state index contributed by atoms with van der Waals surface area (Å²) in [4.78, 5) is 2.49. The molecule has 118 valence electrons. The predicted octanol–water partition coefficient (Wildman–Crippen LogP) is 2.61. The third-order valence-corrected chi connectivity index (χ3v) is 6.02. The van der Waals surface area contributed by atoms with Gasteiger partial charge in [-0.1, -0.05) is 38.3 Å². The Hall–Kier alpha value is -1.07. The largest absolute Gasteiger partial charge is 0.395 e. The molecule has 0 spiro atoms. The lowest BCUT2D eigenvalue weighted by Gasteiger charge is -2.36. The molecule has 0 saturated heterocycles. The van der Waals surface area contributed by atoms with Crippen LogP contribution in [0.3, 0.4) is 0 Å². The summed E-state index contributed by atoms with van der Waals surface area (Å²) in [6, 6.07) is 7.52. The van der Waals surface area contributed by atoms with Gasteiger partial charge in [0, 0.05) is 12.6 Å². The molecule has 0 aliphatic heterocycles. The van der Waals surface area contributed by atoms with Crippen LogP contribution in [-0.4, -0.2) is 38.5 Å². The van der Waals surface area contributed by atoms with Crippen molar-refractivity contribution in [3.8, 4) is 0 Å². The fourth-order valence-electron chi connectivity index (χ4n) is 3.11. The molecular weight excluding hydrogens is 286 g/mol. The maximum absolute atomic E-state index is 12.3. The Labute approximate surface area is 127 Å². The van der Waals surface area contributed by atoms with Crippen molar-refractivity contribution < 1.29 is 13.5 Å². The molecule has 0 bridgehead atoms. The zero-order valence-electron chi connectivity index (χ0n) is 12.7. The van der Waals surface area contributed by atoms with Crippen LogP contribution >= 0.6 is 0 Å². The molecule has 1 fully saturated rings. The highest BCUT2D eigenvalue weighted by Gasteiger charge is 2.26.